The number of carbonyl (C=O) groups is 3. The number of aryl methyl sites for hydroxylation is 1. The first kappa shape index (κ1) is 31.8. The maximum absolute atomic E-state index is 14.0. The fraction of sp³-hybridized carbons (Fsp3) is 0.263. The van der Waals surface area contributed by atoms with Gasteiger partial charge in [-0.25, -0.2) is 4.98 Å². The number of hydrogen-bond donors (Lipinski definition) is 2. The summed E-state index contributed by atoms with van der Waals surface area (Å²) in [4.78, 5) is 59.3. The number of ether oxygens (including phenoxy) is 1. The SMILES string of the molecule is Cc1cnc(N2CC3(CCOCC3)C2)c(C(=O)Nc2ccc(C(=O)N3CCc4cc(C(=O)Nc5cccnc5)sc4-c4ncccc43)cc2)c1. The molecule has 0 saturated carbocycles. The molecule has 1 spiro atoms. The molecule has 0 atom stereocenters. The number of anilines is 4. The van der Waals surface area contributed by atoms with E-state index in [-0.39, 0.29) is 23.1 Å². The zero-order chi connectivity index (χ0) is 34.2. The van der Waals surface area contributed by atoms with Crippen LogP contribution in [0.5, 0.6) is 0 Å². The Bertz CT molecular complexity index is 2090. The van der Waals surface area contributed by atoms with Gasteiger partial charge in [0.2, 0.25) is 0 Å². The lowest BCUT2D eigenvalue weighted by molar-refractivity contribution is -0.000511. The average molecular weight is 686 g/mol. The quantitative estimate of drug-likeness (QED) is 0.215. The van der Waals surface area contributed by atoms with Crippen molar-refractivity contribution in [2.75, 3.05) is 53.3 Å². The molecule has 12 heteroatoms. The molecule has 2 saturated heterocycles. The van der Waals surface area contributed by atoms with E-state index in [4.69, 9.17) is 4.74 Å². The highest BCUT2D eigenvalue weighted by atomic mass is 32.1. The van der Waals surface area contributed by atoms with Crippen LogP contribution in [0.15, 0.2) is 85.5 Å². The maximum atomic E-state index is 14.0. The first-order valence-electron chi connectivity index (χ1n) is 16.7. The molecule has 0 bridgehead atoms. The minimum Gasteiger partial charge on any atom is -0.381 e. The molecule has 0 unspecified atom stereocenters. The van der Waals surface area contributed by atoms with Crippen LogP contribution in [0.1, 0.15) is 54.4 Å². The van der Waals surface area contributed by atoms with Gasteiger partial charge in [-0.2, -0.15) is 0 Å². The topological polar surface area (TPSA) is 130 Å². The molecule has 7 heterocycles. The van der Waals surface area contributed by atoms with Gasteiger partial charge in [-0.1, -0.05) is 0 Å². The summed E-state index contributed by atoms with van der Waals surface area (Å²) in [5, 5.41) is 5.91. The van der Waals surface area contributed by atoms with Crippen molar-refractivity contribution in [1.82, 2.24) is 15.0 Å². The van der Waals surface area contributed by atoms with E-state index in [0.717, 1.165) is 55.1 Å². The summed E-state index contributed by atoms with van der Waals surface area (Å²) in [7, 11) is 0. The Kier molecular flexibility index (Phi) is 8.33. The first-order chi connectivity index (χ1) is 24.4. The van der Waals surface area contributed by atoms with Crippen molar-refractivity contribution in [2.24, 2.45) is 5.41 Å². The highest BCUT2D eigenvalue weighted by molar-refractivity contribution is 7.17. The van der Waals surface area contributed by atoms with E-state index in [0.29, 0.717) is 57.5 Å². The third-order valence-electron chi connectivity index (χ3n) is 9.64. The van der Waals surface area contributed by atoms with E-state index in [1.165, 1.54) is 11.3 Å². The van der Waals surface area contributed by atoms with Gasteiger partial charge in [-0.3, -0.25) is 24.4 Å². The van der Waals surface area contributed by atoms with Crippen LogP contribution in [0.2, 0.25) is 0 Å². The van der Waals surface area contributed by atoms with Crippen LogP contribution in [0, 0.1) is 12.3 Å². The number of hydrogen-bond acceptors (Lipinski definition) is 9. The Labute approximate surface area is 293 Å². The van der Waals surface area contributed by atoms with Crippen molar-refractivity contribution in [2.45, 2.75) is 26.2 Å². The summed E-state index contributed by atoms with van der Waals surface area (Å²) in [5.74, 6) is 0.0647. The average Bonchev–Trinajstić information content (AvgIpc) is 3.50. The first-order valence-corrected chi connectivity index (χ1v) is 17.5. The molecule has 11 nitrogen and oxygen atoms in total. The maximum Gasteiger partial charge on any atom is 0.265 e. The van der Waals surface area contributed by atoms with E-state index in [2.05, 4.69) is 30.5 Å². The van der Waals surface area contributed by atoms with Gasteiger partial charge in [0, 0.05) is 68.1 Å². The molecule has 4 aromatic heterocycles. The van der Waals surface area contributed by atoms with Gasteiger partial charge in [0.05, 0.1) is 32.9 Å². The number of fused-ring (bicyclic) bond motifs is 3. The third-order valence-corrected chi connectivity index (χ3v) is 10.8. The van der Waals surface area contributed by atoms with Gasteiger partial charge in [-0.05, 0) is 98.0 Å². The van der Waals surface area contributed by atoms with Gasteiger partial charge in [-0.15, -0.1) is 11.3 Å². The van der Waals surface area contributed by atoms with E-state index >= 15 is 0 Å². The highest BCUT2D eigenvalue weighted by Gasteiger charge is 2.45. The summed E-state index contributed by atoms with van der Waals surface area (Å²) in [6.45, 7) is 5.65. The smallest absolute Gasteiger partial charge is 0.265 e. The molecule has 2 fully saturated rings. The number of nitrogens with zero attached hydrogens (tertiary/aromatic N) is 5. The van der Waals surface area contributed by atoms with Crippen molar-refractivity contribution >= 4 is 51.9 Å². The Hall–Kier alpha value is -5.46. The molecule has 252 valence electrons. The van der Waals surface area contributed by atoms with Gasteiger partial charge in [0.25, 0.3) is 17.7 Å². The number of aromatic nitrogens is 3. The fourth-order valence-corrected chi connectivity index (χ4v) is 8.09. The Balaban J connectivity index is 0.973. The lowest BCUT2D eigenvalue weighted by Gasteiger charge is -2.53. The monoisotopic (exact) mass is 685 g/mol. The van der Waals surface area contributed by atoms with Crippen LogP contribution in [0.3, 0.4) is 0 Å². The summed E-state index contributed by atoms with van der Waals surface area (Å²) in [6.07, 6.45) is 9.37. The molecule has 3 amide bonds. The summed E-state index contributed by atoms with van der Waals surface area (Å²) >= 11 is 1.36. The van der Waals surface area contributed by atoms with Gasteiger partial charge in [0.1, 0.15) is 11.5 Å². The third kappa shape index (κ3) is 6.12. The lowest BCUT2D eigenvalue weighted by Crippen LogP contribution is -2.59. The number of thiophene rings is 1. The molecule has 5 aromatic rings. The zero-order valence-corrected chi connectivity index (χ0v) is 28.3. The Morgan fingerprint density at radius 3 is 2.44 bits per heavy atom. The van der Waals surface area contributed by atoms with Crippen molar-refractivity contribution in [3.63, 3.8) is 0 Å². The van der Waals surface area contributed by atoms with Crippen LogP contribution in [-0.2, 0) is 11.2 Å². The van der Waals surface area contributed by atoms with Crippen molar-refractivity contribution in [3.8, 4) is 10.6 Å². The molecule has 3 aliphatic heterocycles. The predicted molar refractivity (Wildman–Crippen MR) is 193 cm³/mol. The highest BCUT2D eigenvalue weighted by Crippen LogP contribution is 2.43. The second kappa shape index (κ2) is 13.1. The summed E-state index contributed by atoms with van der Waals surface area (Å²) < 4.78 is 5.56. The van der Waals surface area contributed by atoms with E-state index in [1.807, 2.05) is 31.2 Å². The lowest BCUT2D eigenvalue weighted by atomic mass is 9.73. The molecular weight excluding hydrogens is 651 g/mol. The number of rotatable bonds is 6. The minimum absolute atomic E-state index is 0.174. The van der Waals surface area contributed by atoms with Crippen molar-refractivity contribution < 1.29 is 19.1 Å². The van der Waals surface area contributed by atoms with E-state index in [1.54, 1.807) is 66.1 Å². The molecule has 8 rings (SSSR count). The number of carbonyl (C=O) groups excluding carboxylic acids is 3. The Morgan fingerprint density at radius 2 is 1.66 bits per heavy atom. The van der Waals surface area contributed by atoms with Gasteiger partial charge < -0.3 is 25.2 Å². The molecular formula is C38H35N7O4S. The second-order valence-electron chi connectivity index (χ2n) is 13.1. The number of pyridine rings is 3. The Morgan fingerprint density at radius 1 is 0.880 bits per heavy atom. The molecule has 50 heavy (non-hydrogen) atoms. The second-order valence-corrected chi connectivity index (χ2v) is 14.2. The molecule has 0 radical (unpaired) electrons. The van der Waals surface area contributed by atoms with Crippen LogP contribution >= 0.6 is 11.3 Å². The molecule has 1 aromatic carbocycles. The van der Waals surface area contributed by atoms with Gasteiger partial charge >= 0.3 is 0 Å². The van der Waals surface area contributed by atoms with Crippen LogP contribution in [0.4, 0.5) is 22.9 Å². The number of benzene rings is 1. The number of amides is 3. The van der Waals surface area contributed by atoms with E-state index < -0.39 is 0 Å². The summed E-state index contributed by atoms with van der Waals surface area (Å²) in [5.41, 5.74) is 5.69. The molecule has 3 aliphatic rings. The van der Waals surface area contributed by atoms with Crippen molar-refractivity contribution in [1.29, 1.82) is 0 Å². The van der Waals surface area contributed by atoms with Crippen molar-refractivity contribution in [3.05, 3.63) is 113 Å². The minimum atomic E-state index is -0.240. The fourth-order valence-electron chi connectivity index (χ4n) is 6.97. The van der Waals surface area contributed by atoms with Crippen LogP contribution < -0.4 is 20.4 Å². The standard InChI is InChI=1S/C38H35N7O4S/c1-24-18-29(34(41-20-24)44-22-38(23-44)11-16-49-17-12-38)35(46)42-27-8-6-25(7-9-27)37(48)45-15-10-26-19-31(36(47)43-28-4-2-13-39-21-28)50-33(26)32-30(45)5-3-14-40-32/h2-9,13-14,18-21H,10-12,15-17,22-23H2,1H3,(H,42,46)(H,43,47). The van der Waals surface area contributed by atoms with Crippen LogP contribution in [0.25, 0.3) is 10.6 Å². The molecule has 0 aliphatic carbocycles. The predicted octanol–water partition coefficient (Wildman–Crippen LogP) is 6.23. The molecule has 2 N–H and O–H groups in total. The normalized spacial score (nSPS) is 16.1. The largest absolute Gasteiger partial charge is 0.381 e. The van der Waals surface area contributed by atoms with Gasteiger partial charge in [0.15, 0.2) is 0 Å². The zero-order valence-electron chi connectivity index (χ0n) is 27.5. The summed E-state index contributed by atoms with van der Waals surface area (Å²) in [6, 6.07) is 18.0. The van der Waals surface area contributed by atoms with E-state index in [9.17, 15) is 14.4 Å². The van der Waals surface area contributed by atoms with Crippen LogP contribution in [-0.4, -0.2) is 65.5 Å². The number of nitrogens with one attached hydrogen (secondary N) is 2.